The molecule has 2 aromatic rings. The van der Waals surface area contributed by atoms with E-state index >= 15 is 0 Å². The Morgan fingerprint density at radius 3 is 2.78 bits per heavy atom. The molecular weight excluding hydrogens is 350 g/mol. The fourth-order valence-corrected chi connectivity index (χ4v) is 3.38. The first-order chi connectivity index (χ1) is 13.0. The first-order valence-electron chi connectivity index (χ1n) is 9.35. The third kappa shape index (κ3) is 4.37. The number of carbonyl (C=O) groups excluding carboxylic acids is 2. The highest BCUT2D eigenvalue weighted by Gasteiger charge is 2.33. The van der Waals surface area contributed by atoms with Gasteiger partial charge in [0, 0.05) is 19.4 Å². The van der Waals surface area contributed by atoms with Gasteiger partial charge >= 0.3 is 5.97 Å². The number of rotatable bonds is 6. The number of amides is 1. The highest BCUT2D eigenvalue weighted by Crippen LogP contribution is 2.26. The molecule has 1 saturated heterocycles. The molecule has 3 heterocycles. The molecule has 8 nitrogen and oxygen atoms in total. The fraction of sp³-hybridized carbons (Fsp3) is 0.579. The normalized spacial score (nSPS) is 17.1. The van der Waals surface area contributed by atoms with Gasteiger partial charge in [0.05, 0.1) is 12.2 Å². The maximum Gasteiger partial charge on any atom is 0.328 e. The molecule has 1 fully saturated rings. The van der Waals surface area contributed by atoms with E-state index in [1.807, 2.05) is 19.9 Å². The van der Waals surface area contributed by atoms with E-state index in [9.17, 15) is 9.59 Å². The van der Waals surface area contributed by atoms with Crippen LogP contribution in [0.25, 0.3) is 11.5 Å². The van der Waals surface area contributed by atoms with E-state index in [1.54, 1.807) is 11.8 Å². The Morgan fingerprint density at radius 1 is 1.26 bits per heavy atom. The SMILES string of the molecule is CCOC(=O)C1CCCCN1C(=O)CCc1nnc(-c2cc(C)oc2C)o1. The van der Waals surface area contributed by atoms with E-state index in [4.69, 9.17) is 13.6 Å². The van der Waals surface area contributed by atoms with Crippen LogP contribution in [-0.2, 0) is 20.7 Å². The van der Waals surface area contributed by atoms with E-state index in [0.29, 0.717) is 43.5 Å². The highest BCUT2D eigenvalue weighted by molar-refractivity contribution is 5.84. The summed E-state index contributed by atoms with van der Waals surface area (Å²) in [7, 11) is 0. The predicted octanol–water partition coefficient (Wildman–Crippen LogP) is 2.82. The number of furan rings is 1. The standard InChI is InChI=1S/C19H25N3O5/c1-4-25-19(24)15-7-5-6-10-22(15)17(23)9-8-16-20-21-18(27-16)14-11-12(2)26-13(14)3/h11,15H,4-10H2,1-3H3. The van der Waals surface area contributed by atoms with Crippen molar-refractivity contribution in [1.82, 2.24) is 15.1 Å². The van der Waals surface area contributed by atoms with Crippen molar-refractivity contribution < 1.29 is 23.2 Å². The molecule has 0 bridgehead atoms. The van der Waals surface area contributed by atoms with Crippen LogP contribution in [-0.4, -0.2) is 46.2 Å². The van der Waals surface area contributed by atoms with Crippen LogP contribution in [0, 0.1) is 13.8 Å². The summed E-state index contributed by atoms with van der Waals surface area (Å²) in [4.78, 5) is 26.4. The van der Waals surface area contributed by atoms with Gasteiger partial charge in [-0.1, -0.05) is 0 Å². The summed E-state index contributed by atoms with van der Waals surface area (Å²) in [5, 5.41) is 8.07. The molecule has 0 aromatic carbocycles. The maximum absolute atomic E-state index is 12.6. The molecule has 0 saturated carbocycles. The summed E-state index contributed by atoms with van der Waals surface area (Å²) < 4.78 is 16.3. The number of carbonyl (C=O) groups is 2. The monoisotopic (exact) mass is 375 g/mol. The van der Waals surface area contributed by atoms with E-state index in [2.05, 4.69) is 10.2 Å². The zero-order chi connectivity index (χ0) is 19.4. The fourth-order valence-electron chi connectivity index (χ4n) is 3.38. The molecule has 3 rings (SSSR count). The topological polar surface area (TPSA) is 98.7 Å². The van der Waals surface area contributed by atoms with Gasteiger partial charge in [0.1, 0.15) is 17.6 Å². The van der Waals surface area contributed by atoms with E-state index in [0.717, 1.165) is 24.2 Å². The van der Waals surface area contributed by atoms with Gasteiger partial charge in [-0.2, -0.15) is 0 Å². The molecule has 1 atom stereocenters. The van der Waals surface area contributed by atoms with Crippen LogP contribution < -0.4 is 0 Å². The Balaban J connectivity index is 1.61. The van der Waals surface area contributed by atoms with Crippen LogP contribution in [0.2, 0.25) is 0 Å². The van der Waals surface area contributed by atoms with Crippen molar-refractivity contribution >= 4 is 11.9 Å². The Hall–Kier alpha value is -2.64. The van der Waals surface area contributed by atoms with Gasteiger partial charge in [-0.3, -0.25) is 4.79 Å². The lowest BCUT2D eigenvalue weighted by Crippen LogP contribution is -2.48. The summed E-state index contributed by atoms with van der Waals surface area (Å²) >= 11 is 0. The van der Waals surface area contributed by atoms with Crippen molar-refractivity contribution in [2.75, 3.05) is 13.2 Å². The number of piperidine rings is 1. The van der Waals surface area contributed by atoms with Crippen LogP contribution in [0.15, 0.2) is 14.9 Å². The van der Waals surface area contributed by atoms with Crippen molar-refractivity contribution in [3.05, 3.63) is 23.5 Å². The molecule has 1 amide bonds. The van der Waals surface area contributed by atoms with Gasteiger partial charge in [-0.15, -0.1) is 10.2 Å². The summed E-state index contributed by atoms with van der Waals surface area (Å²) in [5.74, 6) is 1.84. The second-order valence-corrected chi connectivity index (χ2v) is 6.68. The minimum atomic E-state index is -0.485. The number of aromatic nitrogens is 2. The minimum absolute atomic E-state index is 0.0946. The largest absolute Gasteiger partial charge is 0.466 e. The average Bonchev–Trinajstić information content (AvgIpc) is 3.25. The lowest BCUT2D eigenvalue weighted by atomic mass is 10.0. The molecule has 1 aliphatic heterocycles. The Bertz CT molecular complexity index is 810. The van der Waals surface area contributed by atoms with E-state index in [1.165, 1.54) is 0 Å². The summed E-state index contributed by atoms with van der Waals surface area (Å²) in [5.41, 5.74) is 0.760. The molecule has 2 aromatic heterocycles. The van der Waals surface area contributed by atoms with Crippen LogP contribution >= 0.6 is 0 Å². The van der Waals surface area contributed by atoms with Gasteiger partial charge in [-0.25, -0.2) is 4.79 Å². The van der Waals surface area contributed by atoms with Gasteiger partial charge in [0.25, 0.3) is 5.89 Å². The Labute approximate surface area is 157 Å². The number of esters is 1. The number of likely N-dealkylation sites (tertiary alicyclic amines) is 1. The van der Waals surface area contributed by atoms with E-state index in [-0.39, 0.29) is 18.3 Å². The molecule has 0 spiro atoms. The second kappa shape index (κ2) is 8.37. The molecule has 1 unspecified atom stereocenters. The number of nitrogens with zero attached hydrogens (tertiary/aromatic N) is 3. The molecule has 0 N–H and O–H groups in total. The molecule has 146 valence electrons. The van der Waals surface area contributed by atoms with Crippen LogP contribution in [0.5, 0.6) is 0 Å². The molecular formula is C19H25N3O5. The third-order valence-electron chi connectivity index (χ3n) is 4.67. The highest BCUT2D eigenvalue weighted by atomic mass is 16.5. The quantitative estimate of drug-likeness (QED) is 0.716. The lowest BCUT2D eigenvalue weighted by Gasteiger charge is -2.34. The number of hydrogen-bond acceptors (Lipinski definition) is 7. The summed E-state index contributed by atoms with van der Waals surface area (Å²) in [6.07, 6.45) is 3.00. The smallest absolute Gasteiger partial charge is 0.328 e. The van der Waals surface area contributed by atoms with Gasteiger partial charge in [-0.05, 0) is 46.1 Å². The van der Waals surface area contributed by atoms with Gasteiger partial charge < -0.3 is 18.5 Å². The van der Waals surface area contributed by atoms with Crippen molar-refractivity contribution in [2.45, 2.75) is 58.9 Å². The van der Waals surface area contributed by atoms with Crippen molar-refractivity contribution in [3.63, 3.8) is 0 Å². The number of ether oxygens (including phenoxy) is 1. The van der Waals surface area contributed by atoms with Crippen molar-refractivity contribution in [1.29, 1.82) is 0 Å². The Kier molecular flexibility index (Phi) is 5.93. The molecule has 0 aliphatic carbocycles. The average molecular weight is 375 g/mol. The number of hydrogen-bond donors (Lipinski definition) is 0. The van der Waals surface area contributed by atoms with Crippen molar-refractivity contribution in [2.24, 2.45) is 0 Å². The van der Waals surface area contributed by atoms with Gasteiger partial charge in [0.15, 0.2) is 0 Å². The van der Waals surface area contributed by atoms with E-state index < -0.39 is 6.04 Å². The first kappa shape index (κ1) is 19.1. The maximum atomic E-state index is 12.6. The Morgan fingerprint density at radius 2 is 2.07 bits per heavy atom. The third-order valence-corrected chi connectivity index (χ3v) is 4.67. The zero-order valence-corrected chi connectivity index (χ0v) is 16.0. The van der Waals surface area contributed by atoms with Crippen LogP contribution in [0.3, 0.4) is 0 Å². The summed E-state index contributed by atoms with van der Waals surface area (Å²) in [6.45, 7) is 6.34. The van der Waals surface area contributed by atoms with Crippen LogP contribution in [0.1, 0.15) is 50.0 Å². The predicted molar refractivity (Wildman–Crippen MR) is 95.8 cm³/mol. The van der Waals surface area contributed by atoms with Crippen molar-refractivity contribution in [3.8, 4) is 11.5 Å². The zero-order valence-electron chi connectivity index (χ0n) is 16.0. The lowest BCUT2D eigenvalue weighted by molar-refractivity contribution is -0.156. The molecule has 1 aliphatic rings. The first-order valence-corrected chi connectivity index (χ1v) is 9.35. The van der Waals surface area contributed by atoms with Gasteiger partial charge in [0.2, 0.25) is 11.8 Å². The molecule has 8 heteroatoms. The minimum Gasteiger partial charge on any atom is -0.466 e. The second-order valence-electron chi connectivity index (χ2n) is 6.68. The molecule has 27 heavy (non-hydrogen) atoms. The molecule has 0 radical (unpaired) electrons. The number of aryl methyl sites for hydroxylation is 3. The summed E-state index contributed by atoms with van der Waals surface area (Å²) in [6, 6.07) is 1.36. The van der Waals surface area contributed by atoms with Crippen LogP contribution in [0.4, 0.5) is 0 Å².